The van der Waals surface area contributed by atoms with E-state index < -0.39 is 10.0 Å². The molecule has 5 heteroatoms. The highest BCUT2D eigenvalue weighted by Gasteiger charge is 2.24. The summed E-state index contributed by atoms with van der Waals surface area (Å²) in [6.07, 6.45) is 7.69. The third-order valence-corrected chi connectivity index (χ3v) is 6.13. The molecule has 3 N–H and O–H groups in total. The van der Waals surface area contributed by atoms with Crippen molar-refractivity contribution >= 4 is 15.7 Å². The molecule has 0 heterocycles. The fourth-order valence-corrected chi connectivity index (χ4v) is 4.75. The van der Waals surface area contributed by atoms with Gasteiger partial charge in [-0.25, -0.2) is 13.1 Å². The minimum absolute atomic E-state index is 0.0367. The van der Waals surface area contributed by atoms with Gasteiger partial charge in [0.05, 0.1) is 5.69 Å². The van der Waals surface area contributed by atoms with Crippen molar-refractivity contribution in [2.45, 2.75) is 69.7 Å². The van der Waals surface area contributed by atoms with Crippen molar-refractivity contribution in [1.82, 2.24) is 4.72 Å². The van der Waals surface area contributed by atoms with Crippen molar-refractivity contribution in [3.05, 3.63) is 23.3 Å². The van der Waals surface area contributed by atoms with Crippen LogP contribution in [0.1, 0.15) is 56.1 Å². The Hall–Kier alpha value is -1.07. The van der Waals surface area contributed by atoms with Crippen LogP contribution >= 0.6 is 0 Å². The lowest BCUT2D eigenvalue weighted by Gasteiger charge is -2.22. The molecule has 0 atom stereocenters. The van der Waals surface area contributed by atoms with Gasteiger partial charge in [-0.05, 0) is 43.9 Å². The Morgan fingerprint density at radius 3 is 2.24 bits per heavy atom. The second kappa shape index (κ2) is 6.79. The summed E-state index contributed by atoms with van der Waals surface area (Å²) < 4.78 is 28.3. The summed E-state index contributed by atoms with van der Waals surface area (Å²) in [6.45, 7) is 3.72. The summed E-state index contributed by atoms with van der Waals surface area (Å²) in [5.74, 6) is 0. The molecule has 0 radical (unpaired) electrons. The summed E-state index contributed by atoms with van der Waals surface area (Å²) in [7, 11) is -3.55. The van der Waals surface area contributed by atoms with Crippen LogP contribution in [0.5, 0.6) is 0 Å². The molecule has 0 aliphatic heterocycles. The van der Waals surface area contributed by atoms with Gasteiger partial charge in [-0.3, -0.25) is 0 Å². The van der Waals surface area contributed by atoms with Crippen molar-refractivity contribution < 1.29 is 8.42 Å². The number of anilines is 1. The maximum absolute atomic E-state index is 12.7. The zero-order chi connectivity index (χ0) is 15.5. The number of hydrogen-bond donors (Lipinski definition) is 2. The number of benzene rings is 1. The molecule has 1 aromatic carbocycles. The van der Waals surface area contributed by atoms with E-state index in [0.29, 0.717) is 5.69 Å². The van der Waals surface area contributed by atoms with E-state index in [-0.39, 0.29) is 10.9 Å². The van der Waals surface area contributed by atoms with E-state index >= 15 is 0 Å². The van der Waals surface area contributed by atoms with Gasteiger partial charge in [-0.2, -0.15) is 0 Å². The van der Waals surface area contributed by atoms with Crippen LogP contribution in [-0.4, -0.2) is 14.5 Å². The molecule has 0 aromatic heterocycles. The Bertz CT molecular complexity index is 589. The predicted octanol–water partition coefficient (Wildman–Crippen LogP) is 3.28. The number of nitrogens with one attached hydrogen (secondary N) is 1. The predicted molar refractivity (Wildman–Crippen MR) is 86.8 cm³/mol. The van der Waals surface area contributed by atoms with Crippen molar-refractivity contribution in [1.29, 1.82) is 0 Å². The van der Waals surface area contributed by atoms with Crippen molar-refractivity contribution in [3.63, 3.8) is 0 Å². The molecule has 2 rings (SSSR count). The van der Waals surface area contributed by atoms with Crippen LogP contribution in [0.4, 0.5) is 5.69 Å². The van der Waals surface area contributed by atoms with E-state index in [1.54, 1.807) is 6.07 Å². The zero-order valence-corrected chi connectivity index (χ0v) is 13.8. The van der Waals surface area contributed by atoms with Crippen molar-refractivity contribution in [2.24, 2.45) is 0 Å². The molecule has 21 heavy (non-hydrogen) atoms. The van der Waals surface area contributed by atoms with Gasteiger partial charge in [0.25, 0.3) is 0 Å². The number of sulfonamides is 1. The van der Waals surface area contributed by atoms with Gasteiger partial charge < -0.3 is 5.73 Å². The number of rotatable bonds is 3. The van der Waals surface area contributed by atoms with E-state index in [9.17, 15) is 8.42 Å². The van der Waals surface area contributed by atoms with E-state index in [4.69, 9.17) is 5.73 Å². The summed E-state index contributed by atoms with van der Waals surface area (Å²) in [5, 5.41) is 0. The quantitative estimate of drug-likeness (QED) is 0.842. The highest BCUT2D eigenvalue weighted by Crippen LogP contribution is 2.26. The first kappa shape index (κ1) is 16.3. The maximum Gasteiger partial charge on any atom is 0.243 e. The van der Waals surface area contributed by atoms with E-state index in [1.165, 1.54) is 19.3 Å². The molecule has 118 valence electrons. The Morgan fingerprint density at radius 2 is 1.62 bits per heavy atom. The highest BCUT2D eigenvalue weighted by atomic mass is 32.2. The van der Waals surface area contributed by atoms with Gasteiger partial charge in [0, 0.05) is 6.04 Å². The van der Waals surface area contributed by atoms with Crippen LogP contribution in [0.3, 0.4) is 0 Å². The van der Waals surface area contributed by atoms with Gasteiger partial charge in [0.1, 0.15) is 4.90 Å². The summed E-state index contributed by atoms with van der Waals surface area (Å²) in [4.78, 5) is 0.254. The first-order valence-corrected chi connectivity index (χ1v) is 9.28. The molecular weight excluding hydrogens is 284 g/mol. The minimum Gasteiger partial charge on any atom is -0.398 e. The van der Waals surface area contributed by atoms with Gasteiger partial charge in [0.15, 0.2) is 0 Å². The Morgan fingerprint density at radius 1 is 1.05 bits per heavy atom. The van der Waals surface area contributed by atoms with E-state index in [0.717, 1.165) is 36.8 Å². The number of nitrogens with two attached hydrogens (primary N) is 1. The SMILES string of the molecule is Cc1ccc(N)c(S(=O)(=O)NC2CCCCCCC2)c1C. The zero-order valence-electron chi connectivity index (χ0n) is 13.0. The van der Waals surface area contributed by atoms with Crippen LogP contribution in [0.2, 0.25) is 0 Å². The van der Waals surface area contributed by atoms with Gasteiger partial charge in [0.2, 0.25) is 10.0 Å². The standard InChI is InChI=1S/C16H26N2O2S/c1-12-10-11-15(17)16(13(12)2)21(19,20)18-14-8-6-4-3-5-7-9-14/h10-11,14,18H,3-9,17H2,1-2H3. The monoisotopic (exact) mass is 310 g/mol. The summed E-state index contributed by atoms with van der Waals surface area (Å²) >= 11 is 0. The van der Waals surface area contributed by atoms with Crippen molar-refractivity contribution in [2.75, 3.05) is 5.73 Å². The Labute approximate surface area is 128 Å². The second-order valence-corrected chi connectivity index (χ2v) is 7.74. The van der Waals surface area contributed by atoms with E-state index in [1.807, 2.05) is 19.9 Å². The average Bonchev–Trinajstić information content (AvgIpc) is 2.37. The molecule has 0 bridgehead atoms. The lowest BCUT2D eigenvalue weighted by atomic mass is 9.97. The normalized spacial score (nSPS) is 18.2. The van der Waals surface area contributed by atoms with Gasteiger partial charge in [-0.1, -0.05) is 38.2 Å². The van der Waals surface area contributed by atoms with Crippen LogP contribution in [-0.2, 0) is 10.0 Å². The van der Waals surface area contributed by atoms with Crippen LogP contribution in [0.15, 0.2) is 17.0 Å². The molecule has 0 unspecified atom stereocenters. The smallest absolute Gasteiger partial charge is 0.243 e. The lowest BCUT2D eigenvalue weighted by molar-refractivity contribution is 0.426. The molecule has 0 spiro atoms. The van der Waals surface area contributed by atoms with Gasteiger partial charge in [-0.15, -0.1) is 0 Å². The van der Waals surface area contributed by atoms with Crippen molar-refractivity contribution in [3.8, 4) is 0 Å². The van der Waals surface area contributed by atoms with E-state index in [2.05, 4.69) is 4.72 Å². The number of nitrogen functional groups attached to an aromatic ring is 1. The fraction of sp³-hybridized carbons (Fsp3) is 0.625. The van der Waals surface area contributed by atoms with Crippen LogP contribution in [0, 0.1) is 13.8 Å². The third-order valence-electron chi connectivity index (χ3n) is 4.40. The summed E-state index contributed by atoms with van der Waals surface area (Å²) in [5.41, 5.74) is 7.94. The van der Waals surface area contributed by atoms with Crippen LogP contribution in [0.25, 0.3) is 0 Å². The molecule has 1 saturated carbocycles. The molecule has 0 saturated heterocycles. The minimum atomic E-state index is -3.55. The first-order chi connectivity index (χ1) is 9.92. The number of hydrogen-bond acceptors (Lipinski definition) is 3. The topological polar surface area (TPSA) is 72.2 Å². The fourth-order valence-electron chi connectivity index (χ4n) is 3.02. The Kier molecular flexibility index (Phi) is 5.27. The Balaban J connectivity index is 2.23. The molecule has 1 fully saturated rings. The first-order valence-electron chi connectivity index (χ1n) is 7.80. The highest BCUT2D eigenvalue weighted by molar-refractivity contribution is 7.89. The summed E-state index contributed by atoms with van der Waals surface area (Å²) in [6, 6.07) is 3.57. The molecule has 4 nitrogen and oxygen atoms in total. The maximum atomic E-state index is 12.7. The number of aryl methyl sites for hydroxylation is 1. The molecule has 1 aliphatic rings. The molecule has 0 amide bonds. The molecule has 1 aromatic rings. The van der Waals surface area contributed by atoms with Gasteiger partial charge >= 0.3 is 0 Å². The second-order valence-electron chi connectivity index (χ2n) is 6.09. The largest absolute Gasteiger partial charge is 0.398 e. The molecular formula is C16H26N2O2S. The lowest BCUT2D eigenvalue weighted by Crippen LogP contribution is -2.36. The average molecular weight is 310 g/mol. The van der Waals surface area contributed by atoms with Crippen LogP contribution < -0.4 is 10.5 Å². The third kappa shape index (κ3) is 3.98. The molecule has 1 aliphatic carbocycles.